The van der Waals surface area contributed by atoms with Crippen molar-refractivity contribution >= 4 is 23.5 Å². The molecule has 0 radical (unpaired) electrons. The van der Waals surface area contributed by atoms with E-state index < -0.39 is 18.5 Å². The summed E-state index contributed by atoms with van der Waals surface area (Å²) in [6, 6.07) is 18.7. The molecule has 1 heterocycles. The molecule has 0 aromatic heterocycles. The molecule has 0 fully saturated rings. The van der Waals surface area contributed by atoms with Crippen LogP contribution in [0.25, 0.3) is 0 Å². The van der Waals surface area contributed by atoms with E-state index in [9.17, 15) is 14.4 Å². The van der Waals surface area contributed by atoms with Crippen molar-refractivity contribution in [3.8, 4) is 0 Å². The number of nitrogens with one attached hydrogen (secondary N) is 2. The van der Waals surface area contributed by atoms with E-state index in [1.165, 1.54) is 0 Å². The number of carbonyl (C=O) groups is 3. The van der Waals surface area contributed by atoms with E-state index in [1.54, 1.807) is 0 Å². The molecule has 7 heteroatoms. The van der Waals surface area contributed by atoms with Crippen LogP contribution in [0.15, 0.2) is 65.8 Å². The van der Waals surface area contributed by atoms with Crippen LogP contribution in [0.5, 0.6) is 0 Å². The van der Waals surface area contributed by atoms with Crippen molar-refractivity contribution in [3.05, 3.63) is 71.8 Å². The number of hydrogen-bond donors (Lipinski definition) is 2. The van der Waals surface area contributed by atoms with Gasteiger partial charge in [0.2, 0.25) is 5.91 Å². The van der Waals surface area contributed by atoms with Crippen LogP contribution < -0.4 is 10.7 Å². The lowest BCUT2D eigenvalue weighted by atomic mass is 9.99. The topological polar surface area (TPSA) is 96.9 Å². The minimum atomic E-state index is -0.707. The van der Waals surface area contributed by atoms with Gasteiger partial charge in [-0.25, -0.2) is 10.2 Å². The Labute approximate surface area is 156 Å². The predicted molar refractivity (Wildman–Crippen MR) is 98.6 cm³/mol. The van der Waals surface area contributed by atoms with Crippen molar-refractivity contribution in [2.75, 3.05) is 6.61 Å². The van der Waals surface area contributed by atoms with Crippen LogP contribution in [0.1, 0.15) is 30.0 Å². The zero-order chi connectivity index (χ0) is 19.1. The van der Waals surface area contributed by atoms with Crippen LogP contribution in [-0.4, -0.2) is 30.1 Å². The van der Waals surface area contributed by atoms with Gasteiger partial charge in [-0.05, 0) is 11.1 Å². The quantitative estimate of drug-likeness (QED) is 0.762. The zero-order valence-corrected chi connectivity index (χ0v) is 14.6. The first kappa shape index (κ1) is 18.3. The molecule has 0 atom stereocenters. The molecule has 7 nitrogen and oxygen atoms in total. The summed E-state index contributed by atoms with van der Waals surface area (Å²) in [6.45, 7) is -0.429. The molecule has 3 rings (SSSR count). The molecule has 0 aliphatic carbocycles. The van der Waals surface area contributed by atoms with Crippen LogP contribution in [0.3, 0.4) is 0 Å². The molecule has 2 amide bonds. The van der Waals surface area contributed by atoms with E-state index in [4.69, 9.17) is 4.74 Å². The second-order valence-corrected chi connectivity index (χ2v) is 5.99. The van der Waals surface area contributed by atoms with Gasteiger partial charge >= 0.3 is 5.97 Å². The van der Waals surface area contributed by atoms with Crippen LogP contribution in [0, 0.1) is 0 Å². The highest BCUT2D eigenvalue weighted by Gasteiger charge is 2.22. The van der Waals surface area contributed by atoms with E-state index >= 15 is 0 Å². The Kier molecular flexibility index (Phi) is 5.94. The maximum atomic E-state index is 12.3. The number of rotatable bonds is 6. The zero-order valence-electron chi connectivity index (χ0n) is 14.6. The summed E-state index contributed by atoms with van der Waals surface area (Å²) in [7, 11) is 0. The second kappa shape index (κ2) is 8.75. The molecule has 2 N–H and O–H groups in total. The molecule has 2 aromatic carbocycles. The minimum absolute atomic E-state index is 0.102. The summed E-state index contributed by atoms with van der Waals surface area (Å²) in [6.07, 6.45) is 0.368. The van der Waals surface area contributed by atoms with Crippen LogP contribution >= 0.6 is 0 Å². The minimum Gasteiger partial charge on any atom is -0.451 e. The van der Waals surface area contributed by atoms with Crippen molar-refractivity contribution < 1.29 is 19.1 Å². The first-order valence-corrected chi connectivity index (χ1v) is 8.55. The molecule has 1 aliphatic heterocycles. The monoisotopic (exact) mass is 365 g/mol. The molecular formula is C20H19N3O4. The predicted octanol–water partition coefficient (Wildman–Crippen LogP) is 1.70. The molecule has 27 heavy (non-hydrogen) atoms. The summed E-state index contributed by atoms with van der Waals surface area (Å²) < 4.78 is 5.02. The smallest absolute Gasteiger partial charge is 0.355 e. The highest BCUT2D eigenvalue weighted by Crippen LogP contribution is 2.21. The van der Waals surface area contributed by atoms with Gasteiger partial charge in [0.15, 0.2) is 6.61 Å². The maximum absolute atomic E-state index is 12.3. The molecule has 2 aromatic rings. The highest BCUT2D eigenvalue weighted by molar-refractivity contribution is 6.37. The Bertz CT molecular complexity index is 811. The third-order valence-electron chi connectivity index (χ3n) is 4.05. The van der Waals surface area contributed by atoms with E-state index in [1.807, 2.05) is 60.7 Å². The molecule has 0 spiro atoms. The van der Waals surface area contributed by atoms with Gasteiger partial charge in [0, 0.05) is 12.8 Å². The molecule has 0 bridgehead atoms. The normalized spacial score (nSPS) is 13.5. The van der Waals surface area contributed by atoms with Crippen LogP contribution in [-0.2, 0) is 19.1 Å². The van der Waals surface area contributed by atoms with Gasteiger partial charge in [-0.3, -0.25) is 9.59 Å². The average Bonchev–Trinajstić information content (AvgIpc) is 2.72. The number of hydrogen-bond acceptors (Lipinski definition) is 5. The van der Waals surface area contributed by atoms with E-state index in [0.717, 1.165) is 11.1 Å². The molecule has 0 saturated carbocycles. The highest BCUT2D eigenvalue weighted by atomic mass is 16.5. The van der Waals surface area contributed by atoms with Gasteiger partial charge in [0.1, 0.15) is 5.71 Å². The van der Waals surface area contributed by atoms with Crippen LogP contribution in [0.4, 0.5) is 0 Å². The molecule has 138 valence electrons. The Morgan fingerprint density at radius 3 is 2.11 bits per heavy atom. The SMILES string of the molecule is O=C1CCC(C(=O)OCC(=O)NC(c2ccccc2)c2ccccc2)=NN1. The van der Waals surface area contributed by atoms with Gasteiger partial charge < -0.3 is 10.1 Å². The lowest BCUT2D eigenvalue weighted by molar-refractivity contribution is -0.142. The number of nitrogens with zero attached hydrogens (tertiary/aromatic N) is 1. The summed E-state index contributed by atoms with van der Waals surface area (Å²) in [5.74, 6) is -1.39. The Morgan fingerprint density at radius 2 is 1.59 bits per heavy atom. The van der Waals surface area contributed by atoms with Crippen molar-refractivity contribution in [1.82, 2.24) is 10.7 Å². The second-order valence-electron chi connectivity index (χ2n) is 5.99. The van der Waals surface area contributed by atoms with E-state index in [2.05, 4.69) is 15.8 Å². The molecular weight excluding hydrogens is 346 g/mol. The fourth-order valence-corrected chi connectivity index (χ4v) is 2.69. The van der Waals surface area contributed by atoms with Crippen LogP contribution in [0.2, 0.25) is 0 Å². The van der Waals surface area contributed by atoms with Gasteiger partial charge in [-0.1, -0.05) is 60.7 Å². The third-order valence-corrected chi connectivity index (χ3v) is 4.05. The lowest BCUT2D eigenvalue weighted by Gasteiger charge is -2.20. The fourth-order valence-electron chi connectivity index (χ4n) is 2.69. The first-order valence-electron chi connectivity index (χ1n) is 8.55. The van der Waals surface area contributed by atoms with Gasteiger partial charge in [-0.2, -0.15) is 5.10 Å². The number of carbonyl (C=O) groups excluding carboxylic acids is 3. The summed E-state index contributed by atoms with van der Waals surface area (Å²) in [5, 5.41) is 6.54. The third kappa shape index (κ3) is 5.01. The maximum Gasteiger partial charge on any atom is 0.355 e. The molecule has 1 aliphatic rings. The van der Waals surface area contributed by atoms with Gasteiger partial charge in [0.25, 0.3) is 5.91 Å². The van der Waals surface area contributed by atoms with Crippen molar-refractivity contribution in [3.63, 3.8) is 0 Å². The number of ether oxygens (including phenoxy) is 1. The van der Waals surface area contributed by atoms with E-state index in [0.29, 0.717) is 0 Å². The van der Waals surface area contributed by atoms with Gasteiger partial charge in [-0.15, -0.1) is 0 Å². The number of benzene rings is 2. The summed E-state index contributed by atoms with van der Waals surface area (Å²) >= 11 is 0. The lowest BCUT2D eigenvalue weighted by Crippen LogP contribution is -2.35. The molecule has 0 unspecified atom stereocenters. The largest absolute Gasteiger partial charge is 0.451 e. The van der Waals surface area contributed by atoms with Crippen molar-refractivity contribution in [1.29, 1.82) is 0 Å². The number of esters is 1. The molecule has 0 saturated heterocycles. The Hall–Kier alpha value is -3.48. The summed E-state index contributed by atoms with van der Waals surface area (Å²) in [5.41, 5.74) is 4.16. The van der Waals surface area contributed by atoms with Gasteiger partial charge in [0.05, 0.1) is 6.04 Å². The fraction of sp³-hybridized carbons (Fsp3) is 0.200. The Balaban J connectivity index is 1.63. The average molecular weight is 365 g/mol. The number of hydrazone groups is 1. The number of amides is 2. The first-order chi connectivity index (χ1) is 13.1. The summed E-state index contributed by atoms with van der Waals surface area (Å²) in [4.78, 5) is 35.3. The van der Waals surface area contributed by atoms with E-state index in [-0.39, 0.29) is 30.5 Å². The standard InChI is InChI=1S/C20H19N3O4/c24-17-12-11-16(22-23-17)20(26)27-13-18(25)21-19(14-7-3-1-4-8-14)15-9-5-2-6-10-15/h1-10,19H,11-13H2,(H,21,25)(H,23,24). The van der Waals surface area contributed by atoms with Crippen molar-refractivity contribution in [2.24, 2.45) is 5.10 Å². The Morgan fingerprint density at radius 1 is 1.00 bits per heavy atom. The van der Waals surface area contributed by atoms with Crippen molar-refractivity contribution in [2.45, 2.75) is 18.9 Å².